The fourth-order valence-electron chi connectivity index (χ4n) is 7.90. The Balaban J connectivity index is 1.93. The van der Waals surface area contributed by atoms with E-state index in [4.69, 9.17) is 19.4 Å². The summed E-state index contributed by atoms with van der Waals surface area (Å²) in [5, 5.41) is 9.21. The minimum Gasteiger partial charge on any atom is -0.299 e. The molecular weight excluding hydrogens is 552 g/mol. The Hall–Kier alpha value is -0.320. The summed E-state index contributed by atoms with van der Waals surface area (Å²) in [4.78, 5) is 25.4. The van der Waals surface area contributed by atoms with Crippen LogP contribution in [0.15, 0.2) is 0 Å². The van der Waals surface area contributed by atoms with Crippen LogP contribution in [0, 0.1) is 0 Å². The summed E-state index contributed by atoms with van der Waals surface area (Å²) in [5.41, 5.74) is -0.172. The van der Waals surface area contributed by atoms with Crippen molar-refractivity contribution >= 4 is 0 Å². The number of unbranched alkanes of at least 4 members (excludes halogenated alkanes) is 3. The molecule has 2 fully saturated rings. The normalized spacial score (nSPS) is 22.8. The highest BCUT2D eigenvalue weighted by Crippen LogP contribution is 2.42. The Bertz CT molecular complexity index is 690. The first kappa shape index (κ1) is 39.9. The van der Waals surface area contributed by atoms with E-state index >= 15 is 0 Å². The number of hydrogen-bond donors (Lipinski definition) is 0. The van der Waals surface area contributed by atoms with E-state index in [0.29, 0.717) is 12.1 Å². The van der Waals surface area contributed by atoms with Gasteiger partial charge in [-0.1, -0.05) is 40.5 Å². The van der Waals surface area contributed by atoms with E-state index < -0.39 is 0 Å². The lowest BCUT2D eigenvalue weighted by atomic mass is 9.78. The molecule has 0 radical (unpaired) electrons. The standard InChI is InChI=1S/C36H74N4O4/c1-13-23-41-37(31-27-33(5,6)39(43-25-15-3)34(7,8)28-31)21-19-17-18-20-22-38(42-24-14-2)32-29-35(9,10)40(44-26-16-4)36(11,12)30-32/h31-32H,13-30H2,1-12H3. The predicted molar refractivity (Wildman–Crippen MR) is 183 cm³/mol. The van der Waals surface area contributed by atoms with Crippen LogP contribution >= 0.6 is 0 Å². The fourth-order valence-corrected chi connectivity index (χ4v) is 7.90. The van der Waals surface area contributed by atoms with E-state index in [1.165, 1.54) is 12.8 Å². The molecule has 0 unspecified atom stereocenters. The zero-order valence-corrected chi connectivity index (χ0v) is 31.3. The van der Waals surface area contributed by atoms with Crippen LogP contribution < -0.4 is 0 Å². The number of hydroxylamine groups is 8. The highest BCUT2D eigenvalue weighted by atomic mass is 16.7. The Morgan fingerprint density at radius 1 is 0.477 bits per heavy atom. The van der Waals surface area contributed by atoms with Crippen LogP contribution in [0.2, 0.25) is 0 Å². The summed E-state index contributed by atoms with van der Waals surface area (Å²) < 4.78 is 0. The lowest BCUT2D eigenvalue weighted by Crippen LogP contribution is -2.64. The van der Waals surface area contributed by atoms with Crippen molar-refractivity contribution in [1.29, 1.82) is 0 Å². The quantitative estimate of drug-likeness (QED) is 0.0928. The van der Waals surface area contributed by atoms with Gasteiger partial charge in [-0.2, -0.15) is 20.3 Å². The second-order valence-corrected chi connectivity index (χ2v) is 16.0. The molecule has 44 heavy (non-hydrogen) atoms. The molecule has 2 aliphatic heterocycles. The monoisotopic (exact) mass is 627 g/mol. The Labute approximate surface area is 273 Å². The maximum Gasteiger partial charge on any atom is 0.0683 e. The minimum absolute atomic E-state index is 0.0429. The topological polar surface area (TPSA) is 49.9 Å². The second kappa shape index (κ2) is 18.3. The van der Waals surface area contributed by atoms with Gasteiger partial charge in [-0.3, -0.25) is 19.4 Å². The van der Waals surface area contributed by atoms with Crippen LogP contribution in [0.3, 0.4) is 0 Å². The smallest absolute Gasteiger partial charge is 0.0683 e. The lowest BCUT2D eigenvalue weighted by molar-refractivity contribution is -0.305. The highest BCUT2D eigenvalue weighted by Gasteiger charge is 2.49. The number of nitrogens with zero attached hydrogens (tertiary/aromatic N) is 4. The molecule has 0 aromatic rings. The van der Waals surface area contributed by atoms with Crippen molar-refractivity contribution in [3.63, 3.8) is 0 Å². The average Bonchev–Trinajstić information content (AvgIpc) is 2.91. The predicted octanol–water partition coefficient (Wildman–Crippen LogP) is 8.56. The Kier molecular flexibility index (Phi) is 16.6. The molecule has 0 aromatic heterocycles. The Morgan fingerprint density at radius 3 is 1.05 bits per heavy atom. The van der Waals surface area contributed by atoms with Crippen LogP contribution in [-0.4, -0.2) is 94.0 Å². The third kappa shape index (κ3) is 11.7. The van der Waals surface area contributed by atoms with Gasteiger partial charge in [0, 0.05) is 47.3 Å². The molecule has 2 rings (SSSR count). The maximum atomic E-state index is 6.41. The molecule has 0 atom stereocenters. The fraction of sp³-hybridized carbons (Fsp3) is 1.00. The van der Waals surface area contributed by atoms with E-state index in [1.807, 2.05) is 0 Å². The molecule has 0 bridgehead atoms. The van der Waals surface area contributed by atoms with Crippen molar-refractivity contribution in [2.24, 2.45) is 0 Å². The summed E-state index contributed by atoms with van der Waals surface area (Å²) in [6.45, 7) is 32.4. The van der Waals surface area contributed by atoms with Crippen LogP contribution in [-0.2, 0) is 19.4 Å². The van der Waals surface area contributed by atoms with E-state index in [0.717, 1.165) is 104 Å². The number of piperidine rings is 2. The van der Waals surface area contributed by atoms with Crippen molar-refractivity contribution in [1.82, 2.24) is 20.3 Å². The van der Waals surface area contributed by atoms with Crippen molar-refractivity contribution in [2.75, 3.05) is 39.5 Å². The van der Waals surface area contributed by atoms with Crippen molar-refractivity contribution in [2.45, 2.75) is 194 Å². The molecule has 0 aromatic carbocycles. The third-order valence-corrected chi connectivity index (χ3v) is 9.23. The molecule has 8 nitrogen and oxygen atoms in total. The minimum atomic E-state index is -0.0429. The van der Waals surface area contributed by atoms with Gasteiger partial charge in [-0.05, 0) is 120 Å². The van der Waals surface area contributed by atoms with Gasteiger partial charge in [-0.15, -0.1) is 0 Å². The molecule has 8 heteroatoms. The van der Waals surface area contributed by atoms with Crippen molar-refractivity contribution < 1.29 is 19.4 Å². The van der Waals surface area contributed by atoms with Crippen LogP contribution in [0.4, 0.5) is 0 Å². The maximum absolute atomic E-state index is 6.41. The number of rotatable bonds is 21. The van der Waals surface area contributed by atoms with E-state index in [-0.39, 0.29) is 22.2 Å². The molecule has 0 N–H and O–H groups in total. The lowest BCUT2D eigenvalue weighted by Gasteiger charge is -2.55. The van der Waals surface area contributed by atoms with Gasteiger partial charge in [-0.25, -0.2) is 0 Å². The first-order valence-electron chi connectivity index (χ1n) is 18.3. The Morgan fingerprint density at radius 2 is 0.773 bits per heavy atom. The molecule has 2 heterocycles. The van der Waals surface area contributed by atoms with Gasteiger partial charge in [0.25, 0.3) is 0 Å². The average molecular weight is 627 g/mol. The molecule has 0 amide bonds. The first-order valence-corrected chi connectivity index (χ1v) is 18.3. The molecule has 262 valence electrons. The summed E-state index contributed by atoms with van der Waals surface area (Å²) in [5.74, 6) is 0. The summed E-state index contributed by atoms with van der Waals surface area (Å²) in [7, 11) is 0. The largest absolute Gasteiger partial charge is 0.299 e. The summed E-state index contributed by atoms with van der Waals surface area (Å²) >= 11 is 0. The van der Waals surface area contributed by atoms with Crippen molar-refractivity contribution in [3.05, 3.63) is 0 Å². The van der Waals surface area contributed by atoms with Gasteiger partial charge in [0.2, 0.25) is 0 Å². The third-order valence-electron chi connectivity index (χ3n) is 9.23. The number of hydrogen-bond acceptors (Lipinski definition) is 8. The molecule has 0 saturated carbocycles. The zero-order valence-electron chi connectivity index (χ0n) is 31.3. The molecular formula is C36H74N4O4. The molecule has 2 aliphatic rings. The van der Waals surface area contributed by atoms with E-state index in [1.54, 1.807) is 0 Å². The van der Waals surface area contributed by atoms with Gasteiger partial charge in [0.05, 0.1) is 26.4 Å². The SMILES string of the molecule is CCCON(CCCCCCN(OCCC)C1CC(C)(C)N(OCCC)C(C)(C)C1)C1CC(C)(C)N(OCCC)C(C)(C)C1. The summed E-state index contributed by atoms with van der Waals surface area (Å²) in [6, 6.07) is 0.787. The van der Waals surface area contributed by atoms with Crippen LogP contribution in [0.5, 0.6) is 0 Å². The van der Waals surface area contributed by atoms with Crippen molar-refractivity contribution in [3.8, 4) is 0 Å². The molecule has 2 saturated heterocycles. The van der Waals surface area contributed by atoms with E-state index in [2.05, 4.69) is 103 Å². The second-order valence-electron chi connectivity index (χ2n) is 16.0. The molecule has 0 spiro atoms. The van der Waals surface area contributed by atoms with Gasteiger partial charge < -0.3 is 0 Å². The van der Waals surface area contributed by atoms with Gasteiger partial charge >= 0.3 is 0 Å². The van der Waals surface area contributed by atoms with Gasteiger partial charge in [0.1, 0.15) is 0 Å². The van der Waals surface area contributed by atoms with Crippen LogP contribution in [0.25, 0.3) is 0 Å². The van der Waals surface area contributed by atoms with E-state index in [9.17, 15) is 0 Å². The van der Waals surface area contributed by atoms with Crippen LogP contribution in [0.1, 0.15) is 160 Å². The first-order chi connectivity index (χ1) is 20.6. The molecule has 0 aliphatic carbocycles. The van der Waals surface area contributed by atoms with Gasteiger partial charge in [0.15, 0.2) is 0 Å². The summed E-state index contributed by atoms with van der Waals surface area (Å²) in [6.07, 6.45) is 13.0. The highest BCUT2D eigenvalue weighted by molar-refractivity contribution is 5.00. The zero-order chi connectivity index (χ0) is 33.0.